The van der Waals surface area contributed by atoms with Crippen molar-refractivity contribution < 1.29 is 18.9 Å². The lowest BCUT2D eigenvalue weighted by atomic mass is 9.82. The molecule has 8 aromatic carbocycles. The summed E-state index contributed by atoms with van der Waals surface area (Å²) in [6.07, 6.45) is 31.0. The van der Waals surface area contributed by atoms with Gasteiger partial charge in [0.15, 0.2) is 0 Å². The predicted molar refractivity (Wildman–Crippen MR) is 377 cm³/mol. The van der Waals surface area contributed by atoms with Crippen molar-refractivity contribution in [3.05, 3.63) is 238 Å². The fraction of sp³-hybridized carbons (Fsp3) is 0.313. The molecule has 0 aromatic heterocycles. The molecular formula is C83H95NO4. The van der Waals surface area contributed by atoms with Crippen LogP contribution in [0.1, 0.15) is 147 Å². The average Bonchev–Trinajstić information content (AvgIpc) is 1.55. The first-order valence-corrected chi connectivity index (χ1v) is 32.6. The average molecular weight is 1170 g/mol. The molecule has 5 heteroatoms. The van der Waals surface area contributed by atoms with Crippen LogP contribution in [-0.4, -0.2) is 32.6 Å². The summed E-state index contributed by atoms with van der Waals surface area (Å²) in [7, 11) is 0. The summed E-state index contributed by atoms with van der Waals surface area (Å²) >= 11 is 0. The van der Waals surface area contributed by atoms with Gasteiger partial charge in [-0.05, 0) is 202 Å². The van der Waals surface area contributed by atoms with Crippen molar-refractivity contribution in [3.63, 3.8) is 0 Å². The standard InChI is InChI=1S/C83H95NO4/c1-8-12-16-18-20-22-24-26-28-56-87-78-50-42-69(43-51-78)73-58-64(59-74(60-73)70-44-52-79(53-45-70)88-57-29-27-25-23-21-19-17-13-9-2)63-84-82-80(71-34-30-65(31-35-71)67-38-46-76(47-39-67)85-54-14-10-3)61-75(83(5,6)7)62-81(82)72-36-32-66(33-37-72)68-40-48-77(49-41-68)86-55-15-11-4/h8-11,30-53,58-63H,1-4,12-29,54-57H2,5-7H3. The van der Waals surface area contributed by atoms with Crippen molar-refractivity contribution in [3.8, 4) is 89.8 Å². The summed E-state index contributed by atoms with van der Waals surface area (Å²) in [6, 6.07) is 63.2. The lowest BCUT2D eigenvalue weighted by Crippen LogP contribution is -2.11. The van der Waals surface area contributed by atoms with Crippen molar-refractivity contribution in [2.45, 2.75) is 142 Å². The number of unbranched alkanes of at least 4 members (excludes halogenated alkanes) is 14. The number of allylic oxidation sites excluding steroid dienone is 2. The summed E-state index contributed by atoms with van der Waals surface area (Å²) < 4.78 is 24.5. The monoisotopic (exact) mass is 1170 g/mol. The van der Waals surface area contributed by atoms with Crippen LogP contribution in [0.25, 0.3) is 66.8 Å². The highest BCUT2D eigenvalue weighted by Crippen LogP contribution is 2.44. The van der Waals surface area contributed by atoms with Gasteiger partial charge in [0.05, 0.1) is 32.1 Å². The van der Waals surface area contributed by atoms with E-state index in [1.165, 1.54) is 82.6 Å². The summed E-state index contributed by atoms with van der Waals surface area (Å²) in [5.41, 5.74) is 16.2. The number of hydrogen-bond acceptors (Lipinski definition) is 5. The summed E-state index contributed by atoms with van der Waals surface area (Å²) in [6.45, 7) is 24.9. The maximum absolute atomic E-state index is 6.30. The van der Waals surface area contributed by atoms with Crippen molar-refractivity contribution in [2.75, 3.05) is 26.4 Å². The molecule has 0 aliphatic heterocycles. The molecule has 0 saturated heterocycles. The van der Waals surface area contributed by atoms with Crippen molar-refractivity contribution in [2.24, 2.45) is 4.99 Å². The van der Waals surface area contributed by atoms with E-state index in [2.05, 4.69) is 205 Å². The molecule has 5 nitrogen and oxygen atoms in total. The molecule has 0 radical (unpaired) electrons. The molecule has 0 bridgehead atoms. The molecule has 8 aromatic rings. The Hall–Kier alpha value is -8.41. The topological polar surface area (TPSA) is 49.3 Å². The van der Waals surface area contributed by atoms with Gasteiger partial charge in [-0.1, -0.05) is 206 Å². The Labute approximate surface area is 528 Å². The first kappa shape index (κ1) is 65.6. The van der Waals surface area contributed by atoms with E-state index in [1.54, 1.807) is 0 Å². The van der Waals surface area contributed by atoms with Crippen LogP contribution in [0.3, 0.4) is 0 Å². The molecule has 0 unspecified atom stereocenters. The van der Waals surface area contributed by atoms with E-state index < -0.39 is 0 Å². The van der Waals surface area contributed by atoms with E-state index >= 15 is 0 Å². The van der Waals surface area contributed by atoms with Gasteiger partial charge < -0.3 is 18.9 Å². The summed E-state index contributed by atoms with van der Waals surface area (Å²) in [5, 5.41) is 0. The van der Waals surface area contributed by atoms with Crippen LogP contribution in [0.2, 0.25) is 0 Å². The van der Waals surface area contributed by atoms with Crippen molar-refractivity contribution in [1.29, 1.82) is 0 Å². The van der Waals surface area contributed by atoms with Crippen LogP contribution < -0.4 is 18.9 Å². The molecule has 0 aliphatic rings. The van der Waals surface area contributed by atoms with E-state index in [0.29, 0.717) is 13.2 Å². The molecule has 0 fully saturated rings. The van der Waals surface area contributed by atoms with Gasteiger partial charge in [-0.2, -0.15) is 0 Å². The third-order valence-corrected chi connectivity index (χ3v) is 16.2. The molecular weight excluding hydrogens is 1070 g/mol. The van der Waals surface area contributed by atoms with Gasteiger partial charge in [0.25, 0.3) is 0 Å². The van der Waals surface area contributed by atoms with E-state index in [-0.39, 0.29) is 5.41 Å². The van der Waals surface area contributed by atoms with Crippen LogP contribution in [0.4, 0.5) is 5.69 Å². The maximum atomic E-state index is 6.30. The summed E-state index contributed by atoms with van der Waals surface area (Å²) in [5.74, 6) is 3.49. The highest BCUT2D eigenvalue weighted by Gasteiger charge is 2.21. The number of ether oxygens (including phenoxy) is 4. The van der Waals surface area contributed by atoms with E-state index in [4.69, 9.17) is 23.9 Å². The van der Waals surface area contributed by atoms with Crippen LogP contribution in [0.5, 0.6) is 23.0 Å². The van der Waals surface area contributed by atoms with Gasteiger partial charge in [-0.3, -0.25) is 4.99 Å². The predicted octanol–water partition coefficient (Wildman–Crippen LogP) is 24.0. The molecule has 0 spiro atoms. The van der Waals surface area contributed by atoms with Gasteiger partial charge >= 0.3 is 0 Å². The molecule has 0 atom stereocenters. The Kier molecular flexibility index (Phi) is 26.4. The highest BCUT2D eigenvalue weighted by atomic mass is 16.5. The Balaban J connectivity index is 1.13. The number of rotatable bonds is 38. The van der Waals surface area contributed by atoms with Gasteiger partial charge in [-0.25, -0.2) is 0 Å². The second-order valence-corrected chi connectivity index (χ2v) is 24.2. The molecule has 0 N–H and O–H groups in total. The third-order valence-electron chi connectivity index (χ3n) is 16.2. The second kappa shape index (κ2) is 35.4. The smallest absolute Gasteiger partial charge is 0.119 e. The first-order chi connectivity index (χ1) is 43.1. The van der Waals surface area contributed by atoms with Gasteiger partial charge in [-0.15, -0.1) is 26.3 Å². The van der Waals surface area contributed by atoms with E-state index in [1.807, 2.05) is 48.6 Å². The Bertz CT molecular complexity index is 3210. The van der Waals surface area contributed by atoms with Crippen molar-refractivity contribution in [1.82, 2.24) is 0 Å². The van der Waals surface area contributed by atoms with E-state index in [0.717, 1.165) is 153 Å². The normalized spacial score (nSPS) is 11.4. The lowest BCUT2D eigenvalue weighted by molar-refractivity contribution is 0.304. The van der Waals surface area contributed by atoms with Crippen LogP contribution in [0.15, 0.2) is 232 Å². The summed E-state index contributed by atoms with van der Waals surface area (Å²) in [4.78, 5) is 5.63. The fourth-order valence-corrected chi connectivity index (χ4v) is 11.0. The second-order valence-electron chi connectivity index (χ2n) is 24.2. The highest BCUT2D eigenvalue weighted by molar-refractivity contribution is 5.96. The van der Waals surface area contributed by atoms with Gasteiger partial charge in [0, 0.05) is 17.3 Å². The largest absolute Gasteiger partial charge is 0.494 e. The van der Waals surface area contributed by atoms with Gasteiger partial charge in [0.2, 0.25) is 0 Å². The number of nitrogens with zero attached hydrogens (tertiary/aromatic N) is 1. The fourth-order valence-electron chi connectivity index (χ4n) is 11.0. The zero-order valence-corrected chi connectivity index (χ0v) is 53.1. The van der Waals surface area contributed by atoms with E-state index in [9.17, 15) is 0 Å². The Morgan fingerprint density at radius 2 is 0.591 bits per heavy atom. The SMILES string of the molecule is C=CCCCCCCCCCOc1ccc(-c2cc(C=Nc3c(-c4ccc(-c5ccc(OCCC=C)cc5)cc4)cc(C(C)(C)C)cc3-c3ccc(-c4ccc(OCCC=C)cc4)cc3)cc(-c3ccc(OCCCCCCCCCC=C)cc3)c2)cc1. The minimum absolute atomic E-state index is 0.156. The molecule has 8 rings (SSSR count). The minimum Gasteiger partial charge on any atom is -0.494 e. The Morgan fingerprint density at radius 1 is 0.307 bits per heavy atom. The number of hydrogen-bond donors (Lipinski definition) is 0. The van der Waals surface area contributed by atoms with Crippen LogP contribution in [-0.2, 0) is 5.41 Å². The number of aliphatic imine (C=N–C) groups is 1. The van der Waals surface area contributed by atoms with Crippen molar-refractivity contribution >= 4 is 11.9 Å². The minimum atomic E-state index is -0.156. The molecule has 0 saturated carbocycles. The third kappa shape index (κ3) is 20.6. The molecule has 0 amide bonds. The lowest BCUT2D eigenvalue weighted by Gasteiger charge is -2.24. The molecule has 0 aliphatic carbocycles. The van der Waals surface area contributed by atoms with Crippen LogP contribution in [0, 0.1) is 0 Å². The zero-order chi connectivity index (χ0) is 61.6. The first-order valence-electron chi connectivity index (χ1n) is 32.6. The molecule has 88 heavy (non-hydrogen) atoms. The van der Waals surface area contributed by atoms with Crippen LogP contribution >= 0.6 is 0 Å². The van der Waals surface area contributed by atoms with Gasteiger partial charge in [0.1, 0.15) is 23.0 Å². The Morgan fingerprint density at radius 3 is 0.920 bits per heavy atom. The molecule has 456 valence electrons. The molecule has 0 heterocycles. The quantitative estimate of drug-likeness (QED) is 0.0220. The number of benzene rings is 8. The maximum Gasteiger partial charge on any atom is 0.119 e. The zero-order valence-electron chi connectivity index (χ0n) is 53.1.